The minimum atomic E-state index is -1.11. The first-order valence-corrected chi connectivity index (χ1v) is 6.24. The van der Waals surface area contributed by atoms with E-state index in [0.717, 1.165) is 5.52 Å². The summed E-state index contributed by atoms with van der Waals surface area (Å²) in [6, 6.07) is 4.22. The molecule has 0 fully saturated rings. The molecule has 2 rings (SSSR count). The van der Waals surface area contributed by atoms with Crippen molar-refractivity contribution < 1.29 is 24.5 Å². The summed E-state index contributed by atoms with van der Waals surface area (Å²) in [5.74, 6) is -1.59. The molecule has 3 N–H and O–H groups in total. The molecule has 1 heterocycles. The molecule has 21 heavy (non-hydrogen) atoms. The maximum absolute atomic E-state index is 11.5. The number of H-pyrrole nitrogens is 1. The summed E-state index contributed by atoms with van der Waals surface area (Å²) in [4.78, 5) is 26.6. The van der Waals surface area contributed by atoms with Crippen molar-refractivity contribution in [2.75, 3.05) is 20.7 Å². The van der Waals surface area contributed by atoms with Crippen LogP contribution < -0.4 is 4.74 Å². The molecule has 112 valence electrons. The average molecular weight is 292 g/mol. The predicted octanol–water partition coefficient (Wildman–Crippen LogP) is 1.32. The number of aromatic amines is 1. The second-order valence-corrected chi connectivity index (χ2v) is 4.71. The van der Waals surface area contributed by atoms with E-state index in [2.05, 4.69) is 4.98 Å². The van der Waals surface area contributed by atoms with E-state index in [1.165, 1.54) is 19.1 Å². The Morgan fingerprint density at radius 3 is 2.67 bits per heavy atom. The van der Waals surface area contributed by atoms with Gasteiger partial charge in [-0.15, -0.1) is 0 Å². The quantitative estimate of drug-likeness (QED) is 0.742. The molecule has 1 unspecified atom stereocenters. The zero-order valence-corrected chi connectivity index (χ0v) is 11.7. The van der Waals surface area contributed by atoms with E-state index in [0.29, 0.717) is 16.7 Å². The van der Waals surface area contributed by atoms with Crippen molar-refractivity contribution in [1.82, 2.24) is 9.88 Å². The molecule has 1 atom stereocenters. The number of nitrogens with one attached hydrogen (secondary N) is 1. The largest absolute Gasteiger partial charge is 0.497 e. The second kappa shape index (κ2) is 5.84. The normalized spacial score (nSPS) is 12.5. The van der Waals surface area contributed by atoms with Gasteiger partial charge in [0.2, 0.25) is 0 Å². The smallest absolute Gasteiger partial charge is 0.325 e. The fourth-order valence-corrected chi connectivity index (χ4v) is 2.34. The Morgan fingerprint density at radius 2 is 2.10 bits per heavy atom. The lowest BCUT2D eigenvalue weighted by atomic mass is 10.0. The van der Waals surface area contributed by atoms with Crippen LogP contribution in [0.25, 0.3) is 10.9 Å². The van der Waals surface area contributed by atoms with Crippen molar-refractivity contribution in [3.05, 3.63) is 30.0 Å². The number of hydrogen-bond acceptors (Lipinski definition) is 4. The lowest BCUT2D eigenvalue weighted by molar-refractivity contribution is -0.145. The van der Waals surface area contributed by atoms with Gasteiger partial charge in [-0.25, -0.2) is 0 Å². The zero-order chi connectivity index (χ0) is 15.6. The number of benzene rings is 1. The van der Waals surface area contributed by atoms with Crippen LogP contribution in [-0.2, 0) is 9.59 Å². The number of carboxylic acid groups (broad SMARTS) is 2. The van der Waals surface area contributed by atoms with Gasteiger partial charge in [-0.05, 0) is 25.2 Å². The standard InChI is InChI=1S/C14H16N2O5/c1-16(7-12(17)18)13(14(19)20)10-6-15-11-4-3-8(21-2)5-9(10)11/h3-6,13,15H,7H2,1-2H3,(H,17,18)(H,19,20). The molecule has 7 nitrogen and oxygen atoms in total. The molecule has 2 aromatic rings. The maximum atomic E-state index is 11.5. The van der Waals surface area contributed by atoms with E-state index in [4.69, 9.17) is 9.84 Å². The minimum Gasteiger partial charge on any atom is -0.497 e. The summed E-state index contributed by atoms with van der Waals surface area (Å²) in [6.45, 7) is -0.367. The van der Waals surface area contributed by atoms with Crippen molar-refractivity contribution in [3.63, 3.8) is 0 Å². The van der Waals surface area contributed by atoms with Gasteiger partial charge in [0, 0.05) is 22.7 Å². The molecule has 0 aliphatic heterocycles. The van der Waals surface area contributed by atoms with Crippen LogP contribution in [0.2, 0.25) is 0 Å². The van der Waals surface area contributed by atoms with Gasteiger partial charge in [0.05, 0.1) is 13.7 Å². The predicted molar refractivity (Wildman–Crippen MR) is 75.5 cm³/mol. The van der Waals surface area contributed by atoms with Gasteiger partial charge in [-0.1, -0.05) is 0 Å². The van der Waals surface area contributed by atoms with Crippen molar-refractivity contribution in [1.29, 1.82) is 0 Å². The summed E-state index contributed by atoms with van der Waals surface area (Å²) < 4.78 is 5.14. The van der Waals surface area contributed by atoms with Gasteiger partial charge in [-0.2, -0.15) is 0 Å². The van der Waals surface area contributed by atoms with Crippen LogP contribution in [0.1, 0.15) is 11.6 Å². The van der Waals surface area contributed by atoms with Gasteiger partial charge in [0.1, 0.15) is 11.8 Å². The molecular formula is C14H16N2O5. The Bertz CT molecular complexity index is 679. The summed E-state index contributed by atoms with van der Waals surface area (Å²) in [5, 5.41) is 19.0. The minimum absolute atomic E-state index is 0.367. The average Bonchev–Trinajstić information content (AvgIpc) is 2.80. The maximum Gasteiger partial charge on any atom is 0.325 e. The monoisotopic (exact) mass is 292 g/mol. The van der Waals surface area contributed by atoms with E-state index in [1.807, 2.05) is 0 Å². The highest BCUT2D eigenvalue weighted by atomic mass is 16.5. The summed E-state index contributed by atoms with van der Waals surface area (Å²) in [5.41, 5.74) is 1.26. The van der Waals surface area contributed by atoms with E-state index in [1.54, 1.807) is 24.4 Å². The zero-order valence-electron chi connectivity index (χ0n) is 11.7. The molecule has 1 aromatic carbocycles. The van der Waals surface area contributed by atoms with Crippen LogP contribution in [0, 0.1) is 0 Å². The van der Waals surface area contributed by atoms with E-state index >= 15 is 0 Å². The fourth-order valence-electron chi connectivity index (χ4n) is 2.34. The van der Waals surface area contributed by atoms with Crippen LogP contribution in [0.15, 0.2) is 24.4 Å². The van der Waals surface area contributed by atoms with Crippen molar-refractivity contribution in [3.8, 4) is 5.75 Å². The Hall–Kier alpha value is -2.54. The molecule has 0 bridgehead atoms. The van der Waals surface area contributed by atoms with Crippen molar-refractivity contribution in [2.24, 2.45) is 0 Å². The highest BCUT2D eigenvalue weighted by Crippen LogP contribution is 2.30. The first kappa shape index (κ1) is 14.9. The van der Waals surface area contributed by atoms with E-state index in [9.17, 15) is 14.7 Å². The number of aliphatic carboxylic acids is 2. The molecule has 0 saturated heterocycles. The molecule has 7 heteroatoms. The van der Waals surface area contributed by atoms with Gasteiger partial charge in [0.25, 0.3) is 0 Å². The van der Waals surface area contributed by atoms with Crippen molar-refractivity contribution >= 4 is 22.8 Å². The SMILES string of the molecule is COc1ccc2[nH]cc(C(C(=O)O)N(C)CC(=O)O)c2c1. The summed E-state index contributed by atoms with van der Waals surface area (Å²) in [7, 11) is 2.99. The molecular weight excluding hydrogens is 276 g/mol. The Labute approximate surface area is 120 Å². The summed E-state index contributed by atoms with van der Waals surface area (Å²) >= 11 is 0. The first-order valence-electron chi connectivity index (χ1n) is 6.24. The van der Waals surface area contributed by atoms with Crippen LogP contribution in [0.5, 0.6) is 5.75 Å². The Morgan fingerprint density at radius 1 is 1.38 bits per heavy atom. The molecule has 0 radical (unpaired) electrons. The molecule has 0 saturated carbocycles. The molecule has 1 aromatic heterocycles. The van der Waals surface area contributed by atoms with Gasteiger partial charge >= 0.3 is 11.9 Å². The third kappa shape index (κ3) is 2.97. The third-order valence-corrected chi connectivity index (χ3v) is 3.27. The highest BCUT2D eigenvalue weighted by molar-refractivity contribution is 5.90. The highest BCUT2D eigenvalue weighted by Gasteiger charge is 2.28. The number of fused-ring (bicyclic) bond motifs is 1. The van der Waals surface area contributed by atoms with Crippen LogP contribution in [-0.4, -0.2) is 52.7 Å². The number of methoxy groups -OCH3 is 1. The molecule has 0 spiro atoms. The fraction of sp³-hybridized carbons (Fsp3) is 0.286. The number of carbonyl (C=O) groups is 2. The van der Waals surface area contributed by atoms with E-state index in [-0.39, 0.29) is 6.54 Å². The number of nitrogens with zero attached hydrogens (tertiary/aromatic N) is 1. The van der Waals surface area contributed by atoms with Gasteiger partial charge < -0.3 is 19.9 Å². The number of hydrogen-bond donors (Lipinski definition) is 3. The molecule has 0 aliphatic carbocycles. The topological polar surface area (TPSA) is 103 Å². The Balaban J connectivity index is 2.49. The first-order chi connectivity index (χ1) is 9.93. The molecule has 0 aliphatic rings. The van der Waals surface area contributed by atoms with E-state index < -0.39 is 18.0 Å². The van der Waals surface area contributed by atoms with Gasteiger partial charge in [-0.3, -0.25) is 14.5 Å². The van der Waals surface area contributed by atoms with Crippen LogP contribution in [0.4, 0.5) is 0 Å². The van der Waals surface area contributed by atoms with Gasteiger partial charge in [0.15, 0.2) is 0 Å². The number of ether oxygens (including phenoxy) is 1. The summed E-state index contributed by atoms with van der Waals surface area (Å²) in [6.07, 6.45) is 1.58. The third-order valence-electron chi connectivity index (χ3n) is 3.27. The van der Waals surface area contributed by atoms with Crippen LogP contribution >= 0.6 is 0 Å². The number of rotatable bonds is 6. The second-order valence-electron chi connectivity index (χ2n) is 4.71. The number of carboxylic acids is 2. The van der Waals surface area contributed by atoms with Crippen LogP contribution in [0.3, 0.4) is 0 Å². The number of likely N-dealkylation sites (N-methyl/N-ethyl adjacent to an activating group) is 1. The lowest BCUT2D eigenvalue weighted by Gasteiger charge is -2.22. The molecule has 0 amide bonds. The van der Waals surface area contributed by atoms with Crippen molar-refractivity contribution in [2.45, 2.75) is 6.04 Å². The Kier molecular flexibility index (Phi) is 4.13. The number of aromatic nitrogens is 1. The lowest BCUT2D eigenvalue weighted by Crippen LogP contribution is -2.34.